The summed E-state index contributed by atoms with van der Waals surface area (Å²) in [5.74, 6) is -0.615. The SMILES string of the molecule is COC(=O)[C@H](CCc1ccccc1)NC(=O)CCCCCNC(=O)OCc1ccccc1. The Morgan fingerprint density at radius 3 is 2.19 bits per heavy atom. The molecule has 0 bridgehead atoms. The van der Waals surface area contributed by atoms with Gasteiger partial charge in [-0.15, -0.1) is 0 Å². The van der Waals surface area contributed by atoms with Crippen LogP contribution in [0.5, 0.6) is 0 Å². The molecule has 2 N–H and O–H groups in total. The van der Waals surface area contributed by atoms with Crippen molar-refractivity contribution in [2.45, 2.75) is 51.2 Å². The van der Waals surface area contributed by atoms with Gasteiger partial charge in [-0.2, -0.15) is 0 Å². The molecule has 172 valence electrons. The maximum atomic E-state index is 12.2. The average molecular weight is 441 g/mol. The summed E-state index contributed by atoms with van der Waals surface area (Å²) in [5.41, 5.74) is 2.04. The molecule has 2 rings (SSSR count). The van der Waals surface area contributed by atoms with Gasteiger partial charge < -0.3 is 20.1 Å². The number of benzene rings is 2. The molecule has 0 fully saturated rings. The first-order valence-electron chi connectivity index (χ1n) is 10.9. The topological polar surface area (TPSA) is 93.7 Å². The van der Waals surface area contributed by atoms with E-state index in [9.17, 15) is 14.4 Å². The Bertz CT molecular complexity index is 827. The minimum Gasteiger partial charge on any atom is -0.467 e. The van der Waals surface area contributed by atoms with Crippen molar-refractivity contribution in [1.29, 1.82) is 0 Å². The Labute approximate surface area is 189 Å². The summed E-state index contributed by atoms with van der Waals surface area (Å²) in [7, 11) is 1.32. The fourth-order valence-electron chi connectivity index (χ4n) is 3.17. The molecule has 1 atom stereocenters. The van der Waals surface area contributed by atoms with E-state index in [1.807, 2.05) is 60.7 Å². The number of carbonyl (C=O) groups is 3. The molecule has 0 aliphatic heterocycles. The van der Waals surface area contributed by atoms with Crippen LogP contribution in [0.1, 0.15) is 43.2 Å². The standard InChI is InChI=1S/C25H32N2O5/c1-31-24(29)22(17-16-20-11-5-2-6-12-20)27-23(28)15-9-4-10-18-26-25(30)32-19-21-13-7-3-8-14-21/h2-3,5-8,11-14,22H,4,9-10,15-19H2,1H3,(H,26,30)(H,27,28)/t22-/m0/s1. The summed E-state index contributed by atoms with van der Waals surface area (Å²) in [6.45, 7) is 0.718. The van der Waals surface area contributed by atoms with Crippen LogP contribution in [0.2, 0.25) is 0 Å². The van der Waals surface area contributed by atoms with Crippen LogP contribution in [0.3, 0.4) is 0 Å². The van der Waals surface area contributed by atoms with E-state index < -0.39 is 18.1 Å². The number of nitrogens with one attached hydrogen (secondary N) is 2. The summed E-state index contributed by atoms with van der Waals surface area (Å²) in [6.07, 6.45) is 3.20. The normalized spacial score (nSPS) is 11.3. The summed E-state index contributed by atoms with van der Waals surface area (Å²) in [5, 5.41) is 5.48. The zero-order valence-corrected chi connectivity index (χ0v) is 18.5. The lowest BCUT2D eigenvalue weighted by Crippen LogP contribution is -2.41. The minimum atomic E-state index is -0.659. The third-order valence-electron chi connectivity index (χ3n) is 4.95. The number of amides is 2. The van der Waals surface area contributed by atoms with Gasteiger partial charge in [0.15, 0.2) is 0 Å². The van der Waals surface area contributed by atoms with Crippen LogP contribution in [0.4, 0.5) is 4.79 Å². The van der Waals surface area contributed by atoms with Gasteiger partial charge in [0.2, 0.25) is 5.91 Å². The highest BCUT2D eigenvalue weighted by molar-refractivity contribution is 5.84. The van der Waals surface area contributed by atoms with Crippen molar-refractivity contribution in [2.75, 3.05) is 13.7 Å². The molecule has 0 radical (unpaired) electrons. The van der Waals surface area contributed by atoms with Gasteiger partial charge in [-0.25, -0.2) is 9.59 Å². The summed E-state index contributed by atoms with van der Waals surface area (Å²) < 4.78 is 9.97. The Kier molecular flexibility index (Phi) is 11.4. The molecular weight excluding hydrogens is 408 g/mol. The van der Waals surface area contributed by atoms with E-state index in [4.69, 9.17) is 9.47 Å². The molecule has 0 spiro atoms. The fourth-order valence-corrected chi connectivity index (χ4v) is 3.17. The van der Waals surface area contributed by atoms with E-state index in [0.717, 1.165) is 24.0 Å². The molecule has 2 amide bonds. The predicted molar refractivity (Wildman–Crippen MR) is 122 cm³/mol. The van der Waals surface area contributed by atoms with Crippen LogP contribution in [-0.2, 0) is 32.1 Å². The third-order valence-corrected chi connectivity index (χ3v) is 4.95. The Morgan fingerprint density at radius 1 is 0.875 bits per heavy atom. The van der Waals surface area contributed by atoms with Crippen molar-refractivity contribution in [3.05, 3.63) is 71.8 Å². The van der Waals surface area contributed by atoms with Gasteiger partial charge in [-0.1, -0.05) is 67.1 Å². The zero-order chi connectivity index (χ0) is 23.0. The molecule has 0 heterocycles. The van der Waals surface area contributed by atoms with Crippen LogP contribution in [0.15, 0.2) is 60.7 Å². The molecule has 2 aromatic rings. The Balaban J connectivity index is 1.57. The maximum absolute atomic E-state index is 12.2. The third kappa shape index (κ3) is 10.1. The monoisotopic (exact) mass is 440 g/mol. The molecule has 0 saturated heterocycles. The number of hydrogen-bond donors (Lipinski definition) is 2. The lowest BCUT2D eigenvalue weighted by atomic mass is 10.0. The lowest BCUT2D eigenvalue weighted by molar-refractivity contribution is -0.145. The van der Waals surface area contributed by atoms with Gasteiger partial charge in [0.25, 0.3) is 0 Å². The van der Waals surface area contributed by atoms with E-state index in [0.29, 0.717) is 32.2 Å². The van der Waals surface area contributed by atoms with Gasteiger partial charge in [-0.3, -0.25) is 4.79 Å². The molecule has 32 heavy (non-hydrogen) atoms. The maximum Gasteiger partial charge on any atom is 0.407 e. The van der Waals surface area contributed by atoms with Crippen molar-refractivity contribution in [3.8, 4) is 0 Å². The van der Waals surface area contributed by atoms with Crippen molar-refractivity contribution in [3.63, 3.8) is 0 Å². The molecule has 2 aromatic carbocycles. The molecule has 7 nitrogen and oxygen atoms in total. The van der Waals surface area contributed by atoms with Gasteiger partial charge in [0, 0.05) is 13.0 Å². The number of aryl methyl sites for hydroxylation is 1. The largest absolute Gasteiger partial charge is 0.467 e. The number of hydrogen-bond acceptors (Lipinski definition) is 5. The quantitative estimate of drug-likeness (QED) is 0.365. The Morgan fingerprint density at radius 2 is 1.53 bits per heavy atom. The molecule has 0 aliphatic carbocycles. The number of carbonyl (C=O) groups excluding carboxylic acids is 3. The first kappa shape index (κ1) is 24.9. The van der Waals surface area contributed by atoms with E-state index in [2.05, 4.69) is 10.6 Å². The van der Waals surface area contributed by atoms with Crippen LogP contribution in [0.25, 0.3) is 0 Å². The highest BCUT2D eigenvalue weighted by Gasteiger charge is 2.21. The van der Waals surface area contributed by atoms with Gasteiger partial charge in [0.1, 0.15) is 12.6 Å². The average Bonchev–Trinajstić information content (AvgIpc) is 2.83. The molecular formula is C25H32N2O5. The summed E-state index contributed by atoms with van der Waals surface area (Å²) in [4.78, 5) is 35.9. The second-order valence-electron chi connectivity index (χ2n) is 7.47. The highest BCUT2D eigenvalue weighted by Crippen LogP contribution is 2.07. The van der Waals surface area contributed by atoms with Crippen LogP contribution >= 0.6 is 0 Å². The van der Waals surface area contributed by atoms with Crippen molar-refractivity contribution in [2.24, 2.45) is 0 Å². The van der Waals surface area contributed by atoms with Crippen LogP contribution < -0.4 is 10.6 Å². The second kappa shape index (κ2) is 14.6. The van der Waals surface area contributed by atoms with E-state index >= 15 is 0 Å². The molecule has 0 aromatic heterocycles. The minimum absolute atomic E-state index is 0.177. The zero-order valence-electron chi connectivity index (χ0n) is 18.5. The summed E-state index contributed by atoms with van der Waals surface area (Å²) >= 11 is 0. The molecule has 0 saturated carbocycles. The molecule has 0 aliphatic rings. The van der Waals surface area contributed by atoms with E-state index in [-0.39, 0.29) is 12.5 Å². The van der Waals surface area contributed by atoms with Crippen molar-refractivity contribution in [1.82, 2.24) is 10.6 Å². The first-order valence-corrected chi connectivity index (χ1v) is 10.9. The number of rotatable bonds is 13. The number of alkyl carbamates (subject to hydrolysis) is 1. The highest BCUT2D eigenvalue weighted by atomic mass is 16.5. The first-order chi connectivity index (χ1) is 15.6. The van der Waals surface area contributed by atoms with Crippen molar-refractivity contribution >= 4 is 18.0 Å². The lowest BCUT2D eigenvalue weighted by Gasteiger charge is -2.16. The number of unbranched alkanes of at least 4 members (excludes halogenated alkanes) is 2. The van der Waals surface area contributed by atoms with Crippen LogP contribution in [0, 0.1) is 0 Å². The van der Waals surface area contributed by atoms with Gasteiger partial charge >= 0.3 is 12.1 Å². The van der Waals surface area contributed by atoms with E-state index in [1.165, 1.54) is 7.11 Å². The number of ether oxygens (including phenoxy) is 2. The van der Waals surface area contributed by atoms with Crippen molar-refractivity contribution < 1.29 is 23.9 Å². The van der Waals surface area contributed by atoms with Gasteiger partial charge in [-0.05, 0) is 36.8 Å². The van der Waals surface area contributed by atoms with E-state index in [1.54, 1.807) is 0 Å². The Hall–Kier alpha value is -3.35. The second-order valence-corrected chi connectivity index (χ2v) is 7.47. The smallest absolute Gasteiger partial charge is 0.407 e. The summed E-state index contributed by atoms with van der Waals surface area (Å²) in [6, 6.07) is 18.6. The predicted octanol–water partition coefficient (Wildman–Crippen LogP) is 3.76. The number of esters is 1. The van der Waals surface area contributed by atoms with Gasteiger partial charge in [0.05, 0.1) is 7.11 Å². The fraction of sp³-hybridized carbons (Fsp3) is 0.400. The number of methoxy groups -OCH3 is 1. The van der Waals surface area contributed by atoms with Crippen LogP contribution in [-0.4, -0.2) is 37.7 Å². The molecule has 0 unspecified atom stereocenters. The molecule has 7 heteroatoms.